The van der Waals surface area contributed by atoms with Crippen LogP contribution in [-0.2, 0) is 29.7 Å². The number of carbonyl (C=O) groups excluding carboxylic acids is 2. The molecule has 2 aliphatic rings. The van der Waals surface area contributed by atoms with Crippen LogP contribution in [0.2, 0.25) is 0 Å². The highest BCUT2D eigenvalue weighted by Gasteiger charge is 2.26. The predicted molar refractivity (Wildman–Crippen MR) is 264 cm³/mol. The van der Waals surface area contributed by atoms with E-state index in [1.54, 1.807) is 26.8 Å². The summed E-state index contributed by atoms with van der Waals surface area (Å²) in [5.41, 5.74) is 1.09. The van der Waals surface area contributed by atoms with Gasteiger partial charge in [-0.25, -0.2) is 27.2 Å². The molecule has 0 bridgehead atoms. The van der Waals surface area contributed by atoms with Gasteiger partial charge >= 0.3 is 11.9 Å². The van der Waals surface area contributed by atoms with Crippen LogP contribution in [0.4, 0.5) is 34.8 Å². The van der Waals surface area contributed by atoms with Gasteiger partial charge < -0.3 is 48.6 Å². The Labute approximate surface area is 410 Å². The lowest BCUT2D eigenvalue weighted by Crippen LogP contribution is -2.44. The summed E-state index contributed by atoms with van der Waals surface area (Å²) >= 11 is 0. The molecule has 0 saturated carbocycles. The number of nitrogens with one attached hydrogen (secondary N) is 3. The summed E-state index contributed by atoms with van der Waals surface area (Å²) in [6.45, 7) is 13.5. The fourth-order valence-corrected chi connectivity index (χ4v) is 8.43. The molecule has 2 aliphatic heterocycles. The SMILES string of the molecule is C.CCS(=O)c1cc(=O)c2cc(C(=O)OC)cc(C(C)Nc3cc(F)cc(F)c3)c2o1.COC(=O)c1cc(C(C)Nc2cc(F)cc(F)c2)c2oc(N3CCOC[C@@H]3C)cc(=O)c2c1.C[C@H]1COCCN1. The minimum Gasteiger partial charge on any atom is -0.465 e. The quantitative estimate of drug-likeness (QED) is 0.0823. The summed E-state index contributed by atoms with van der Waals surface area (Å²) in [6.07, 6.45) is 0. The van der Waals surface area contributed by atoms with Crippen LogP contribution in [0.15, 0.2) is 96.3 Å². The molecule has 15 nitrogen and oxygen atoms in total. The molecule has 2 saturated heterocycles. The van der Waals surface area contributed by atoms with Crippen LogP contribution < -0.4 is 31.7 Å². The molecule has 3 N–H and O–H groups in total. The maximum absolute atomic E-state index is 13.7. The molecule has 8 rings (SSSR count). The highest BCUT2D eigenvalue weighted by molar-refractivity contribution is 7.84. The molecule has 71 heavy (non-hydrogen) atoms. The van der Waals surface area contributed by atoms with Crippen molar-refractivity contribution in [3.63, 3.8) is 0 Å². The third kappa shape index (κ3) is 14.1. The number of ether oxygens (including phenoxy) is 4. The topological polar surface area (TPSA) is 188 Å². The number of morpholine rings is 2. The molecule has 0 radical (unpaired) electrons. The van der Waals surface area contributed by atoms with Gasteiger partial charge in [-0.15, -0.1) is 0 Å². The van der Waals surface area contributed by atoms with Crippen LogP contribution in [0.1, 0.15) is 86.0 Å². The van der Waals surface area contributed by atoms with E-state index in [0.717, 1.165) is 62.2 Å². The van der Waals surface area contributed by atoms with Gasteiger partial charge in [0.25, 0.3) is 0 Å². The Hall–Kier alpha value is -6.61. The number of anilines is 3. The molecule has 5 atom stereocenters. The minimum absolute atomic E-state index is 0. The number of esters is 2. The van der Waals surface area contributed by atoms with Crippen molar-refractivity contribution in [1.29, 1.82) is 0 Å². The number of benzene rings is 4. The number of hydrogen-bond donors (Lipinski definition) is 3. The number of carbonyl (C=O) groups is 2. The molecular formula is C51H58F4N4O11S. The number of rotatable bonds is 11. The van der Waals surface area contributed by atoms with Crippen LogP contribution in [-0.4, -0.2) is 87.7 Å². The Bertz CT molecular complexity index is 2960. The van der Waals surface area contributed by atoms with Gasteiger partial charge in [-0.1, -0.05) is 14.4 Å². The van der Waals surface area contributed by atoms with Gasteiger partial charge in [0.15, 0.2) is 21.8 Å². The second-order valence-corrected chi connectivity index (χ2v) is 18.1. The smallest absolute Gasteiger partial charge is 0.337 e. The third-order valence-electron chi connectivity index (χ3n) is 11.2. The van der Waals surface area contributed by atoms with Gasteiger partial charge in [-0.05, 0) is 76.2 Å². The van der Waals surface area contributed by atoms with Crippen molar-refractivity contribution >= 4 is 61.9 Å². The summed E-state index contributed by atoms with van der Waals surface area (Å²) in [5.74, 6) is -3.62. The normalized spacial score (nSPS) is 16.7. The van der Waals surface area contributed by atoms with E-state index in [1.807, 2.05) is 11.8 Å². The fourth-order valence-electron chi connectivity index (χ4n) is 7.73. The van der Waals surface area contributed by atoms with Gasteiger partial charge in [-0.2, -0.15) is 0 Å². The standard InChI is InChI=1S/C24H24F2N2O5.C21H19F2NO5S.C5H11NO.CH4/c1-13-12-32-5-4-28(13)22-11-21(29)20-7-15(24(30)31-3)6-19(23(20)33-22)14(2)27-18-9-16(25)8-17(26)10-18;1-4-30(27)19-10-18(25)17-6-12(21(26)28-3)5-16(20(17)29-19)11(2)24-15-8-13(22)7-14(23)9-15;1-5-4-7-3-2-6-5;/h6-11,13-14,27H,4-5,12H2,1-3H3;5-11,24H,4H2,1-3H3;5-6H,2-4H2,1H3;1H4/t13-,14?;;5-;/m0.0./s1. The Balaban J connectivity index is 0.000000230. The van der Waals surface area contributed by atoms with Crippen LogP contribution in [0.25, 0.3) is 21.9 Å². The molecule has 2 fully saturated rings. The molecule has 0 aliphatic carbocycles. The zero-order valence-electron chi connectivity index (χ0n) is 39.5. The molecule has 3 unspecified atom stereocenters. The molecule has 382 valence electrons. The molecule has 0 spiro atoms. The van der Waals surface area contributed by atoms with Crippen molar-refractivity contribution in [2.24, 2.45) is 0 Å². The summed E-state index contributed by atoms with van der Waals surface area (Å²) < 4.78 is 98.8. The van der Waals surface area contributed by atoms with Gasteiger partial charge in [-0.3, -0.25) is 13.8 Å². The Kier molecular flexibility index (Phi) is 19.5. The second-order valence-electron chi connectivity index (χ2n) is 16.5. The molecule has 4 heterocycles. The molecule has 20 heteroatoms. The van der Waals surface area contributed by atoms with Crippen LogP contribution in [0, 0.1) is 23.3 Å². The summed E-state index contributed by atoms with van der Waals surface area (Å²) in [5, 5.41) is 9.51. The monoisotopic (exact) mass is 1010 g/mol. The van der Waals surface area contributed by atoms with Crippen LogP contribution >= 0.6 is 0 Å². The highest BCUT2D eigenvalue weighted by atomic mass is 32.2. The Morgan fingerprint density at radius 1 is 0.718 bits per heavy atom. The van der Waals surface area contributed by atoms with Gasteiger partial charge in [0.2, 0.25) is 0 Å². The van der Waals surface area contributed by atoms with Gasteiger partial charge in [0.05, 0.1) is 91.5 Å². The van der Waals surface area contributed by atoms with E-state index in [0.29, 0.717) is 42.8 Å². The number of fused-ring (bicyclic) bond motifs is 2. The lowest BCUT2D eigenvalue weighted by atomic mass is 10.0. The summed E-state index contributed by atoms with van der Waals surface area (Å²) in [4.78, 5) is 52.0. The number of hydrogen-bond acceptors (Lipinski definition) is 15. The lowest BCUT2D eigenvalue weighted by molar-refractivity contribution is 0.0592. The molecule has 0 amide bonds. The average Bonchev–Trinajstić information content (AvgIpc) is 3.32. The first-order valence-electron chi connectivity index (χ1n) is 22.3. The van der Waals surface area contributed by atoms with Gasteiger partial charge in [0.1, 0.15) is 34.4 Å². The molecule has 2 aromatic heterocycles. The largest absolute Gasteiger partial charge is 0.465 e. The van der Waals surface area contributed by atoms with E-state index in [-0.39, 0.29) is 74.2 Å². The van der Waals surface area contributed by atoms with Crippen LogP contribution in [0.3, 0.4) is 0 Å². The average molecular weight is 1010 g/mol. The third-order valence-corrected chi connectivity index (χ3v) is 12.4. The van der Waals surface area contributed by atoms with Crippen molar-refractivity contribution in [3.8, 4) is 0 Å². The highest BCUT2D eigenvalue weighted by Crippen LogP contribution is 2.33. The molecule has 4 aromatic carbocycles. The maximum Gasteiger partial charge on any atom is 0.337 e. The minimum atomic E-state index is -1.52. The summed E-state index contributed by atoms with van der Waals surface area (Å²) in [7, 11) is 0.937. The number of nitrogens with zero attached hydrogens (tertiary/aromatic N) is 1. The number of halogens is 4. The van der Waals surface area contributed by atoms with Crippen molar-refractivity contribution in [2.75, 3.05) is 75.0 Å². The fraction of sp³-hybridized carbons (Fsp3) is 0.373. The van der Waals surface area contributed by atoms with E-state index in [2.05, 4.69) is 22.9 Å². The van der Waals surface area contributed by atoms with E-state index >= 15 is 0 Å². The van der Waals surface area contributed by atoms with E-state index in [9.17, 15) is 40.9 Å². The van der Waals surface area contributed by atoms with Crippen molar-refractivity contribution in [1.82, 2.24) is 5.32 Å². The Morgan fingerprint density at radius 2 is 1.20 bits per heavy atom. The lowest BCUT2D eigenvalue weighted by Gasteiger charge is -2.33. The first-order chi connectivity index (χ1) is 33.4. The number of methoxy groups -OCH3 is 2. The Morgan fingerprint density at radius 3 is 1.62 bits per heavy atom. The van der Waals surface area contributed by atoms with E-state index in [4.69, 9.17) is 27.8 Å². The molecular weight excluding hydrogens is 953 g/mol. The molecule has 6 aromatic rings. The maximum atomic E-state index is 13.7. The van der Waals surface area contributed by atoms with Crippen LogP contribution in [0.5, 0.6) is 0 Å². The van der Waals surface area contributed by atoms with Crippen molar-refractivity contribution < 1.29 is 59.1 Å². The van der Waals surface area contributed by atoms with Gasteiger partial charge in [0, 0.05) is 71.7 Å². The van der Waals surface area contributed by atoms with Crippen molar-refractivity contribution in [3.05, 3.63) is 139 Å². The van der Waals surface area contributed by atoms with E-state index < -0.39 is 63.5 Å². The zero-order chi connectivity index (χ0) is 50.8. The summed E-state index contributed by atoms with van der Waals surface area (Å²) in [6, 6.07) is 13.7. The van der Waals surface area contributed by atoms with Crippen molar-refractivity contribution in [2.45, 2.75) is 71.3 Å². The van der Waals surface area contributed by atoms with E-state index in [1.165, 1.54) is 38.5 Å². The second kappa shape index (κ2) is 25.0. The first-order valence-corrected chi connectivity index (χ1v) is 23.6. The zero-order valence-corrected chi connectivity index (χ0v) is 40.4. The predicted octanol–water partition coefficient (Wildman–Crippen LogP) is 9.05. The first kappa shape index (κ1) is 55.3.